The van der Waals surface area contributed by atoms with Crippen molar-refractivity contribution in [1.82, 2.24) is 20.9 Å². The lowest BCUT2D eigenvalue weighted by molar-refractivity contribution is 0.0479. The van der Waals surface area contributed by atoms with Crippen molar-refractivity contribution in [2.75, 3.05) is 41.3 Å². The summed E-state index contributed by atoms with van der Waals surface area (Å²) < 4.78 is 0. The first kappa shape index (κ1) is 14.6. The molecule has 0 aromatic heterocycles. The predicted molar refractivity (Wildman–Crippen MR) is 55.0 cm³/mol. The highest BCUT2D eigenvalue weighted by Crippen LogP contribution is 2.10. The molecule has 1 fully saturated rings. The van der Waals surface area contributed by atoms with Gasteiger partial charge in [0.1, 0.15) is 6.29 Å². The van der Waals surface area contributed by atoms with Crippen LogP contribution in [0.4, 0.5) is 0 Å². The van der Waals surface area contributed by atoms with Crippen molar-refractivity contribution in [2.45, 2.75) is 6.29 Å². The Kier molecular flexibility index (Phi) is 6.98. The maximum atomic E-state index is 2.35. The molecule has 5 heteroatoms. The average molecular weight is 197 g/mol. The van der Waals surface area contributed by atoms with Crippen LogP contribution in [0.15, 0.2) is 0 Å². The third-order valence-electron chi connectivity index (χ3n) is 2.06. The van der Waals surface area contributed by atoms with E-state index in [2.05, 4.69) is 42.9 Å². The minimum Gasteiger partial charge on any atom is -0.344 e. The van der Waals surface area contributed by atoms with Crippen LogP contribution in [0.5, 0.6) is 0 Å². The molecule has 0 unspecified atom stereocenters. The van der Waals surface area contributed by atoms with Crippen molar-refractivity contribution in [1.29, 1.82) is 0 Å². The van der Waals surface area contributed by atoms with Crippen LogP contribution in [0.2, 0.25) is 0 Å². The Balaban J connectivity index is 0. The average Bonchev–Trinajstić information content (AvgIpc) is 2.11. The summed E-state index contributed by atoms with van der Waals surface area (Å²) in [7, 11) is 8.55. The normalized spacial score (nSPS) is 20.8. The molecule has 1 aliphatic heterocycles. The second-order valence-corrected chi connectivity index (χ2v) is 3.27. The zero-order chi connectivity index (χ0) is 7.72. The van der Waals surface area contributed by atoms with Gasteiger partial charge in [-0.1, -0.05) is 0 Å². The molecule has 3 N–H and O–H groups in total. The maximum absolute atomic E-state index is 2.35. The molecule has 0 bridgehead atoms. The van der Waals surface area contributed by atoms with Gasteiger partial charge in [-0.3, -0.25) is 14.7 Å². The fourth-order valence-electron chi connectivity index (χ4n) is 1.67. The number of hydrogen-bond donors (Lipinski definition) is 1. The Bertz CT molecular complexity index is 110. The molecule has 1 heterocycles. The first-order chi connectivity index (χ1) is 4.63. The Hall–Kier alpha value is 0.130. The summed E-state index contributed by atoms with van der Waals surface area (Å²) in [4.78, 5) is 6.92. The zero-order valence-corrected chi connectivity index (χ0v) is 9.27. The summed E-state index contributed by atoms with van der Waals surface area (Å²) in [6, 6.07) is 0. The number of rotatable bonds is 1. The van der Waals surface area contributed by atoms with Gasteiger partial charge in [0.15, 0.2) is 0 Å². The Morgan fingerprint density at radius 3 is 1.58 bits per heavy atom. The molecule has 4 nitrogen and oxygen atoms in total. The van der Waals surface area contributed by atoms with Crippen molar-refractivity contribution in [3.05, 3.63) is 0 Å². The number of hydrogen-bond acceptors (Lipinski definition) is 4. The number of halogens is 1. The van der Waals surface area contributed by atoms with E-state index in [-0.39, 0.29) is 18.6 Å². The second kappa shape index (κ2) is 5.72. The van der Waals surface area contributed by atoms with Crippen molar-refractivity contribution in [3.8, 4) is 0 Å². The van der Waals surface area contributed by atoms with E-state index in [9.17, 15) is 0 Å². The van der Waals surface area contributed by atoms with Gasteiger partial charge in [-0.05, 0) is 28.2 Å². The van der Waals surface area contributed by atoms with Crippen LogP contribution >= 0.6 is 12.4 Å². The summed E-state index contributed by atoms with van der Waals surface area (Å²) >= 11 is 0. The molecule has 0 atom stereocenters. The highest BCUT2D eigenvalue weighted by atomic mass is 35.5. The van der Waals surface area contributed by atoms with Gasteiger partial charge in [0.2, 0.25) is 0 Å². The largest absolute Gasteiger partial charge is 0.344 e. The van der Waals surface area contributed by atoms with Crippen LogP contribution in [-0.2, 0) is 0 Å². The van der Waals surface area contributed by atoms with Crippen LogP contribution < -0.4 is 6.15 Å². The van der Waals surface area contributed by atoms with Crippen LogP contribution in [0.25, 0.3) is 0 Å². The van der Waals surface area contributed by atoms with Crippen LogP contribution in [0.1, 0.15) is 0 Å². The topological polar surface area (TPSA) is 44.7 Å². The minimum absolute atomic E-state index is 0. The Labute approximate surface area is 81.5 Å². The summed E-state index contributed by atoms with van der Waals surface area (Å²) in [5, 5.41) is 0. The molecular formula is C7H21ClN4. The van der Waals surface area contributed by atoms with Gasteiger partial charge in [-0.25, -0.2) is 0 Å². The van der Waals surface area contributed by atoms with Crippen LogP contribution in [-0.4, -0.2) is 62.3 Å². The first-order valence-corrected chi connectivity index (χ1v) is 3.70. The van der Waals surface area contributed by atoms with E-state index in [0.717, 1.165) is 0 Å². The molecule has 0 saturated carbocycles. The zero-order valence-electron chi connectivity index (χ0n) is 8.45. The van der Waals surface area contributed by atoms with Crippen molar-refractivity contribution >= 4 is 12.4 Å². The van der Waals surface area contributed by atoms with E-state index in [4.69, 9.17) is 0 Å². The van der Waals surface area contributed by atoms with E-state index < -0.39 is 0 Å². The maximum Gasteiger partial charge on any atom is 0.118 e. The van der Waals surface area contributed by atoms with Crippen molar-refractivity contribution in [2.24, 2.45) is 0 Å². The third-order valence-corrected chi connectivity index (χ3v) is 2.06. The van der Waals surface area contributed by atoms with E-state index in [1.807, 2.05) is 0 Å². The lowest BCUT2D eigenvalue weighted by Crippen LogP contribution is -2.45. The molecular weight excluding hydrogens is 176 g/mol. The highest BCUT2D eigenvalue weighted by molar-refractivity contribution is 5.85. The molecule has 12 heavy (non-hydrogen) atoms. The number of likely N-dealkylation sites (N-methyl/N-ethyl adjacent to an activating group) is 2. The smallest absolute Gasteiger partial charge is 0.118 e. The first-order valence-electron chi connectivity index (χ1n) is 3.70. The quantitative estimate of drug-likeness (QED) is 0.655. The fraction of sp³-hybridized carbons (Fsp3) is 1.00. The molecule has 0 aliphatic carbocycles. The summed E-state index contributed by atoms with van der Waals surface area (Å²) in [5.74, 6) is 0. The Morgan fingerprint density at radius 1 is 1.08 bits per heavy atom. The molecule has 1 rings (SSSR count). The standard InChI is InChI=1S/C7H17N3.ClH.H3N/c1-8(2)7-9(3)5-6-10(7)4;;/h7H,5-6H2,1-4H3;1H;1H3. The van der Waals surface area contributed by atoms with Gasteiger partial charge < -0.3 is 6.15 Å². The molecule has 0 aromatic carbocycles. The van der Waals surface area contributed by atoms with Gasteiger partial charge in [-0.2, -0.15) is 0 Å². The van der Waals surface area contributed by atoms with Gasteiger partial charge in [0.25, 0.3) is 0 Å². The fourth-order valence-corrected chi connectivity index (χ4v) is 1.67. The molecule has 0 amide bonds. The monoisotopic (exact) mass is 196 g/mol. The highest BCUT2D eigenvalue weighted by Gasteiger charge is 2.27. The molecule has 0 radical (unpaired) electrons. The van der Waals surface area contributed by atoms with Gasteiger partial charge in [0, 0.05) is 13.1 Å². The molecule has 0 aromatic rings. The van der Waals surface area contributed by atoms with Crippen molar-refractivity contribution < 1.29 is 0 Å². The summed E-state index contributed by atoms with van der Waals surface area (Å²) in [6.07, 6.45) is 0.500. The van der Waals surface area contributed by atoms with E-state index in [1.165, 1.54) is 13.1 Å². The van der Waals surface area contributed by atoms with E-state index in [1.54, 1.807) is 0 Å². The van der Waals surface area contributed by atoms with E-state index in [0.29, 0.717) is 6.29 Å². The summed E-state index contributed by atoms with van der Waals surface area (Å²) in [6.45, 7) is 2.36. The lowest BCUT2D eigenvalue weighted by atomic mass is 10.6. The SMILES string of the molecule is CN(C)C1N(C)CCN1C.Cl.N. The minimum atomic E-state index is 0. The van der Waals surface area contributed by atoms with Gasteiger partial charge in [0.05, 0.1) is 0 Å². The molecule has 0 spiro atoms. The van der Waals surface area contributed by atoms with Gasteiger partial charge >= 0.3 is 0 Å². The second-order valence-electron chi connectivity index (χ2n) is 3.27. The molecule has 1 aliphatic rings. The number of nitrogens with zero attached hydrogens (tertiary/aromatic N) is 3. The molecule has 1 saturated heterocycles. The van der Waals surface area contributed by atoms with Gasteiger partial charge in [-0.15, -0.1) is 12.4 Å². The van der Waals surface area contributed by atoms with E-state index >= 15 is 0 Å². The van der Waals surface area contributed by atoms with Crippen LogP contribution in [0, 0.1) is 0 Å². The predicted octanol–water partition coefficient (Wildman–Crippen LogP) is 0.293. The lowest BCUT2D eigenvalue weighted by Gasteiger charge is -2.30. The molecule has 76 valence electrons. The van der Waals surface area contributed by atoms with Crippen molar-refractivity contribution in [3.63, 3.8) is 0 Å². The Morgan fingerprint density at radius 2 is 1.42 bits per heavy atom. The van der Waals surface area contributed by atoms with Crippen LogP contribution in [0.3, 0.4) is 0 Å². The third kappa shape index (κ3) is 2.88. The summed E-state index contributed by atoms with van der Waals surface area (Å²) in [5.41, 5.74) is 0.